The van der Waals surface area contributed by atoms with Crippen molar-refractivity contribution in [1.82, 2.24) is 5.32 Å². The number of esters is 1. The van der Waals surface area contributed by atoms with Crippen molar-refractivity contribution in [3.63, 3.8) is 0 Å². The van der Waals surface area contributed by atoms with Gasteiger partial charge in [0.05, 0.1) is 19.7 Å². The van der Waals surface area contributed by atoms with Gasteiger partial charge in [-0.15, -0.1) is 0 Å². The third-order valence-electron chi connectivity index (χ3n) is 2.23. The summed E-state index contributed by atoms with van der Waals surface area (Å²) in [6.07, 6.45) is 0. The predicted molar refractivity (Wildman–Crippen MR) is 60.3 cm³/mol. The van der Waals surface area contributed by atoms with Crippen molar-refractivity contribution in [1.29, 1.82) is 0 Å². The second-order valence-electron chi connectivity index (χ2n) is 3.41. The molecule has 16 heavy (non-hydrogen) atoms. The number of ketones is 1. The molecule has 1 atom stereocenters. The van der Waals surface area contributed by atoms with Crippen molar-refractivity contribution in [3.05, 3.63) is 35.9 Å². The highest BCUT2D eigenvalue weighted by atomic mass is 16.5. The molecule has 0 heterocycles. The third-order valence-corrected chi connectivity index (χ3v) is 2.23. The van der Waals surface area contributed by atoms with Crippen LogP contribution in [0.25, 0.3) is 0 Å². The van der Waals surface area contributed by atoms with Crippen LogP contribution in [0.1, 0.15) is 17.3 Å². The molecule has 0 aromatic heterocycles. The van der Waals surface area contributed by atoms with Gasteiger partial charge in [0.15, 0.2) is 5.78 Å². The first-order chi connectivity index (χ1) is 7.65. The van der Waals surface area contributed by atoms with Crippen LogP contribution in [-0.2, 0) is 9.53 Å². The van der Waals surface area contributed by atoms with E-state index in [0.29, 0.717) is 5.56 Å². The Hall–Kier alpha value is -1.68. The lowest BCUT2D eigenvalue weighted by molar-refractivity contribution is -0.139. The van der Waals surface area contributed by atoms with E-state index in [1.165, 1.54) is 7.11 Å². The fourth-order valence-electron chi connectivity index (χ4n) is 1.25. The van der Waals surface area contributed by atoms with Crippen molar-refractivity contribution in [2.24, 2.45) is 0 Å². The summed E-state index contributed by atoms with van der Waals surface area (Å²) in [6.45, 7) is 1.76. The number of carbonyl (C=O) groups excluding carboxylic acids is 2. The van der Waals surface area contributed by atoms with Gasteiger partial charge in [-0.25, -0.2) is 0 Å². The Labute approximate surface area is 94.6 Å². The number of methoxy groups -OCH3 is 1. The van der Waals surface area contributed by atoms with Gasteiger partial charge in [-0.05, 0) is 6.92 Å². The Morgan fingerprint density at radius 2 is 1.94 bits per heavy atom. The standard InChI is InChI=1S/C12H15NO3/c1-9(13-8-11(14)16-2)12(15)10-6-4-3-5-7-10/h3-7,9,13H,8H2,1-2H3. The number of benzene rings is 1. The van der Waals surface area contributed by atoms with Crippen LogP contribution in [0.5, 0.6) is 0 Å². The van der Waals surface area contributed by atoms with Gasteiger partial charge in [0.25, 0.3) is 0 Å². The van der Waals surface area contributed by atoms with Gasteiger partial charge >= 0.3 is 5.97 Å². The van der Waals surface area contributed by atoms with Crippen LogP contribution in [-0.4, -0.2) is 31.4 Å². The molecular weight excluding hydrogens is 206 g/mol. The first kappa shape index (κ1) is 12.4. The molecule has 1 rings (SSSR count). The third kappa shape index (κ3) is 3.47. The number of hydrogen-bond donors (Lipinski definition) is 1. The van der Waals surface area contributed by atoms with Crippen molar-refractivity contribution >= 4 is 11.8 Å². The second kappa shape index (κ2) is 6.02. The molecule has 0 saturated carbocycles. The fraction of sp³-hybridized carbons (Fsp3) is 0.333. The monoisotopic (exact) mass is 221 g/mol. The van der Waals surface area contributed by atoms with Crippen molar-refractivity contribution in [3.8, 4) is 0 Å². The minimum atomic E-state index is -0.401. The molecule has 0 fully saturated rings. The van der Waals surface area contributed by atoms with Crippen LogP contribution in [0.3, 0.4) is 0 Å². The number of carbonyl (C=O) groups is 2. The number of nitrogens with one attached hydrogen (secondary N) is 1. The Bertz CT molecular complexity index is 362. The maximum absolute atomic E-state index is 11.8. The highest BCUT2D eigenvalue weighted by Crippen LogP contribution is 2.02. The second-order valence-corrected chi connectivity index (χ2v) is 3.41. The highest BCUT2D eigenvalue weighted by molar-refractivity contribution is 6.00. The van der Waals surface area contributed by atoms with Crippen LogP contribution in [0.15, 0.2) is 30.3 Å². The Kier molecular flexibility index (Phi) is 4.66. The molecule has 0 saturated heterocycles. The summed E-state index contributed by atoms with van der Waals surface area (Å²) in [5, 5.41) is 2.81. The van der Waals surface area contributed by atoms with Gasteiger partial charge in [0.2, 0.25) is 0 Å². The van der Waals surface area contributed by atoms with Crippen LogP contribution in [0, 0.1) is 0 Å². The average Bonchev–Trinajstić information content (AvgIpc) is 2.35. The van der Waals surface area contributed by atoms with E-state index in [1.807, 2.05) is 6.07 Å². The quantitative estimate of drug-likeness (QED) is 0.595. The van der Waals surface area contributed by atoms with Crippen LogP contribution < -0.4 is 5.32 Å². The Balaban J connectivity index is 2.52. The van der Waals surface area contributed by atoms with Gasteiger partial charge in [0.1, 0.15) is 0 Å². The van der Waals surface area contributed by atoms with E-state index >= 15 is 0 Å². The Morgan fingerprint density at radius 1 is 1.31 bits per heavy atom. The molecule has 1 aromatic rings. The molecule has 0 radical (unpaired) electrons. The molecule has 0 aliphatic carbocycles. The lowest BCUT2D eigenvalue weighted by Crippen LogP contribution is -2.37. The van der Waals surface area contributed by atoms with Crippen LogP contribution >= 0.6 is 0 Å². The van der Waals surface area contributed by atoms with E-state index in [1.54, 1.807) is 31.2 Å². The molecule has 0 bridgehead atoms. The largest absolute Gasteiger partial charge is 0.468 e. The maximum Gasteiger partial charge on any atom is 0.319 e. The zero-order valence-electron chi connectivity index (χ0n) is 9.40. The molecule has 4 heteroatoms. The predicted octanol–water partition coefficient (Wildman–Crippen LogP) is 1.02. The molecule has 86 valence electrons. The van der Waals surface area contributed by atoms with E-state index in [9.17, 15) is 9.59 Å². The topological polar surface area (TPSA) is 55.4 Å². The van der Waals surface area contributed by atoms with Crippen LogP contribution in [0.4, 0.5) is 0 Å². The maximum atomic E-state index is 11.8. The molecule has 1 aromatic carbocycles. The summed E-state index contributed by atoms with van der Waals surface area (Å²) in [5.41, 5.74) is 0.632. The minimum Gasteiger partial charge on any atom is -0.468 e. The number of ether oxygens (including phenoxy) is 1. The molecule has 0 amide bonds. The van der Waals surface area contributed by atoms with Gasteiger partial charge in [-0.2, -0.15) is 0 Å². The molecule has 0 aliphatic rings. The summed E-state index contributed by atoms with van der Waals surface area (Å²) >= 11 is 0. The fourth-order valence-corrected chi connectivity index (χ4v) is 1.25. The molecule has 0 aliphatic heterocycles. The van der Waals surface area contributed by atoms with Gasteiger partial charge in [-0.1, -0.05) is 30.3 Å². The zero-order valence-corrected chi connectivity index (χ0v) is 9.40. The van der Waals surface area contributed by atoms with Gasteiger partial charge < -0.3 is 4.74 Å². The smallest absolute Gasteiger partial charge is 0.319 e. The first-order valence-electron chi connectivity index (χ1n) is 5.04. The Morgan fingerprint density at radius 3 is 2.50 bits per heavy atom. The van der Waals surface area contributed by atoms with E-state index in [0.717, 1.165) is 0 Å². The SMILES string of the molecule is COC(=O)CNC(C)C(=O)c1ccccc1. The van der Waals surface area contributed by atoms with E-state index in [2.05, 4.69) is 10.1 Å². The molecule has 1 N–H and O–H groups in total. The van der Waals surface area contributed by atoms with Crippen LogP contribution in [0.2, 0.25) is 0 Å². The lowest BCUT2D eigenvalue weighted by Gasteiger charge is -2.11. The highest BCUT2D eigenvalue weighted by Gasteiger charge is 2.15. The summed E-state index contributed by atoms with van der Waals surface area (Å²) in [5.74, 6) is -0.419. The van der Waals surface area contributed by atoms with Gasteiger partial charge in [0, 0.05) is 5.56 Å². The summed E-state index contributed by atoms with van der Waals surface area (Å²) in [4.78, 5) is 22.7. The van der Waals surface area contributed by atoms with E-state index in [-0.39, 0.29) is 18.3 Å². The summed E-state index contributed by atoms with van der Waals surface area (Å²) < 4.78 is 4.47. The summed E-state index contributed by atoms with van der Waals surface area (Å²) in [6, 6.07) is 8.56. The first-order valence-corrected chi connectivity index (χ1v) is 5.04. The number of hydrogen-bond acceptors (Lipinski definition) is 4. The minimum absolute atomic E-state index is 0.0375. The molecule has 1 unspecified atom stereocenters. The van der Waals surface area contributed by atoms with Crippen molar-refractivity contribution in [2.45, 2.75) is 13.0 Å². The molecule has 0 spiro atoms. The lowest BCUT2D eigenvalue weighted by atomic mass is 10.1. The van der Waals surface area contributed by atoms with Crippen molar-refractivity contribution in [2.75, 3.05) is 13.7 Å². The number of rotatable bonds is 5. The molecular formula is C12H15NO3. The van der Waals surface area contributed by atoms with Crippen molar-refractivity contribution < 1.29 is 14.3 Å². The summed E-state index contributed by atoms with van der Waals surface area (Å²) in [7, 11) is 1.31. The van der Waals surface area contributed by atoms with Gasteiger partial charge in [-0.3, -0.25) is 14.9 Å². The average molecular weight is 221 g/mol. The van der Waals surface area contributed by atoms with E-state index in [4.69, 9.17) is 0 Å². The van der Waals surface area contributed by atoms with E-state index < -0.39 is 6.04 Å². The molecule has 4 nitrogen and oxygen atoms in total. The zero-order chi connectivity index (χ0) is 12.0. The number of Topliss-reactive ketones (excluding diaryl/α,β-unsaturated/α-hetero) is 1. The normalized spacial score (nSPS) is 11.9.